The molecule has 1 aliphatic heterocycles. The van der Waals surface area contributed by atoms with Crippen molar-refractivity contribution in [1.82, 2.24) is 5.32 Å². The second-order valence-corrected chi connectivity index (χ2v) is 3.34. The average Bonchev–Trinajstić information content (AvgIpc) is 2.30. The van der Waals surface area contributed by atoms with Crippen LogP contribution in [-0.4, -0.2) is 31.0 Å². The van der Waals surface area contributed by atoms with Crippen LogP contribution in [0.2, 0.25) is 0 Å². The van der Waals surface area contributed by atoms with Gasteiger partial charge < -0.3 is 10.4 Å². The number of hydrogen-bond acceptors (Lipinski definition) is 2. The molecule has 0 aromatic carbocycles. The van der Waals surface area contributed by atoms with Crippen LogP contribution in [-0.2, 0) is 0 Å². The minimum Gasteiger partial charge on any atom is -0.395 e. The van der Waals surface area contributed by atoms with Crippen LogP contribution < -0.4 is 5.32 Å². The second-order valence-electron chi connectivity index (χ2n) is 3.34. The van der Waals surface area contributed by atoms with Crippen molar-refractivity contribution >= 4 is 0 Å². The fourth-order valence-corrected chi connectivity index (χ4v) is 1.56. The molecule has 1 saturated heterocycles. The SMILES string of the molecule is CC1CNCC1(CO)C(F)(F)F. The van der Waals surface area contributed by atoms with E-state index in [0.717, 1.165) is 0 Å². The Morgan fingerprint density at radius 3 is 2.33 bits per heavy atom. The van der Waals surface area contributed by atoms with E-state index in [1.54, 1.807) is 0 Å². The van der Waals surface area contributed by atoms with Crippen LogP contribution in [0.5, 0.6) is 0 Å². The summed E-state index contributed by atoms with van der Waals surface area (Å²) in [5.74, 6) is -0.553. The molecule has 0 amide bonds. The first-order chi connectivity index (χ1) is 5.44. The number of nitrogens with one attached hydrogen (secondary N) is 1. The fourth-order valence-electron chi connectivity index (χ4n) is 1.56. The van der Waals surface area contributed by atoms with Crippen molar-refractivity contribution in [3.05, 3.63) is 0 Å². The molecule has 0 bridgehead atoms. The van der Waals surface area contributed by atoms with E-state index in [4.69, 9.17) is 5.11 Å². The lowest BCUT2D eigenvalue weighted by Crippen LogP contribution is -2.46. The second kappa shape index (κ2) is 2.88. The molecule has 1 rings (SSSR count). The predicted molar refractivity (Wildman–Crippen MR) is 37.6 cm³/mol. The van der Waals surface area contributed by atoms with Gasteiger partial charge >= 0.3 is 6.18 Å². The van der Waals surface area contributed by atoms with Crippen LogP contribution in [0.3, 0.4) is 0 Å². The highest BCUT2D eigenvalue weighted by atomic mass is 19.4. The Balaban J connectivity index is 2.89. The lowest BCUT2D eigenvalue weighted by Gasteiger charge is -2.32. The molecule has 1 heterocycles. The summed E-state index contributed by atoms with van der Waals surface area (Å²) in [6.07, 6.45) is -4.31. The normalized spacial score (nSPS) is 37.2. The lowest BCUT2D eigenvalue weighted by atomic mass is 9.79. The molecule has 0 aliphatic carbocycles. The van der Waals surface area contributed by atoms with Crippen molar-refractivity contribution in [3.8, 4) is 0 Å². The summed E-state index contributed by atoms with van der Waals surface area (Å²) in [5, 5.41) is 11.4. The zero-order valence-electron chi connectivity index (χ0n) is 6.78. The van der Waals surface area contributed by atoms with Crippen LogP contribution in [0.4, 0.5) is 13.2 Å². The van der Waals surface area contributed by atoms with Crippen molar-refractivity contribution in [1.29, 1.82) is 0 Å². The summed E-state index contributed by atoms with van der Waals surface area (Å²) in [4.78, 5) is 0. The van der Waals surface area contributed by atoms with E-state index in [9.17, 15) is 13.2 Å². The van der Waals surface area contributed by atoms with Gasteiger partial charge in [-0.15, -0.1) is 0 Å². The van der Waals surface area contributed by atoms with E-state index in [1.807, 2.05) is 0 Å². The highest BCUT2D eigenvalue weighted by molar-refractivity contribution is 4.97. The lowest BCUT2D eigenvalue weighted by molar-refractivity contribution is -0.240. The Bertz CT molecular complexity index is 171. The van der Waals surface area contributed by atoms with Gasteiger partial charge in [0.25, 0.3) is 0 Å². The van der Waals surface area contributed by atoms with E-state index in [-0.39, 0.29) is 6.54 Å². The molecular formula is C7H12F3NO. The molecule has 1 aliphatic rings. The molecule has 2 nitrogen and oxygen atoms in total. The van der Waals surface area contributed by atoms with E-state index in [2.05, 4.69) is 5.32 Å². The topological polar surface area (TPSA) is 32.3 Å². The first kappa shape index (κ1) is 9.80. The number of rotatable bonds is 1. The number of aliphatic hydroxyl groups excluding tert-OH is 1. The molecule has 0 aromatic rings. The highest BCUT2D eigenvalue weighted by Crippen LogP contribution is 2.45. The van der Waals surface area contributed by atoms with Gasteiger partial charge in [0.15, 0.2) is 0 Å². The quantitative estimate of drug-likeness (QED) is 0.629. The van der Waals surface area contributed by atoms with Crippen LogP contribution in [0, 0.1) is 11.3 Å². The zero-order chi connectivity index (χ0) is 9.41. The standard InChI is InChI=1S/C7H12F3NO/c1-5-2-11-3-6(5,4-12)7(8,9)10/h5,11-12H,2-4H2,1H3. The Morgan fingerprint density at radius 2 is 2.17 bits per heavy atom. The van der Waals surface area contributed by atoms with E-state index in [1.165, 1.54) is 6.92 Å². The van der Waals surface area contributed by atoms with Crippen molar-refractivity contribution < 1.29 is 18.3 Å². The highest BCUT2D eigenvalue weighted by Gasteiger charge is 2.59. The van der Waals surface area contributed by atoms with Gasteiger partial charge in [0.2, 0.25) is 0 Å². The molecule has 2 unspecified atom stereocenters. The Hall–Kier alpha value is -0.290. The summed E-state index contributed by atoms with van der Waals surface area (Å²) < 4.78 is 37.4. The van der Waals surface area contributed by atoms with Gasteiger partial charge in [-0.1, -0.05) is 6.92 Å². The van der Waals surface area contributed by atoms with Crippen LogP contribution in [0.1, 0.15) is 6.92 Å². The number of aliphatic hydroxyl groups is 1. The van der Waals surface area contributed by atoms with Gasteiger partial charge in [-0.3, -0.25) is 0 Å². The monoisotopic (exact) mass is 183 g/mol. The zero-order valence-corrected chi connectivity index (χ0v) is 6.78. The Labute approximate surface area is 68.8 Å². The van der Waals surface area contributed by atoms with Gasteiger partial charge in [-0.25, -0.2) is 0 Å². The molecule has 0 spiro atoms. The summed E-state index contributed by atoms with van der Waals surface area (Å²) >= 11 is 0. The Morgan fingerprint density at radius 1 is 1.58 bits per heavy atom. The molecule has 72 valence electrons. The van der Waals surface area contributed by atoms with E-state index >= 15 is 0 Å². The van der Waals surface area contributed by atoms with Gasteiger partial charge in [-0.2, -0.15) is 13.2 Å². The number of halogens is 3. The van der Waals surface area contributed by atoms with Crippen molar-refractivity contribution in [2.45, 2.75) is 13.1 Å². The summed E-state index contributed by atoms with van der Waals surface area (Å²) in [5.41, 5.74) is -1.92. The molecule has 0 aromatic heterocycles. The van der Waals surface area contributed by atoms with Gasteiger partial charge in [0.1, 0.15) is 5.41 Å². The van der Waals surface area contributed by atoms with Gasteiger partial charge in [0, 0.05) is 6.54 Å². The molecule has 2 N–H and O–H groups in total. The average molecular weight is 183 g/mol. The van der Waals surface area contributed by atoms with E-state index < -0.39 is 24.1 Å². The molecule has 0 radical (unpaired) electrons. The summed E-state index contributed by atoms with van der Waals surface area (Å²) in [6, 6.07) is 0. The molecule has 5 heteroatoms. The summed E-state index contributed by atoms with van der Waals surface area (Å²) in [6.45, 7) is 0.822. The molecular weight excluding hydrogens is 171 g/mol. The first-order valence-electron chi connectivity index (χ1n) is 3.82. The van der Waals surface area contributed by atoms with Crippen molar-refractivity contribution in [2.24, 2.45) is 11.3 Å². The van der Waals surface area contributed by atoms with Crippen molar-refractivity contribution in [3.63, 3.8) is 0 Å². The molecule has 12 heavy (non-hydrogen) atoms. The van der Waals surface area contributed by atoms with Crippen molar-refractivity contribution in [2.75, 3.05) is 19.7 Å². The van der Waals surface area contributed by atoms with Crippen LogP contribution in [0.25, 0.3) is 0 Å². The van der Waals surface area contributed by atoms with Gasteiger partial charge in [0.05, 0.1) is 6.61 Å². The predicted octanol–water partition coefficient (Wildman–Crippen LogP) is 0.767. The maximum absolute atomic E-state index is 12.5. The van der Waals surface area contributed by atoms with Crippen LogP contribution >= 0.6 is 0 Å². The third-order valence-corrected chi connectivity index (χ3v) is 2.68. The number of alkyl halides is 3. The minimum absolute atomic E-state index is 0.172. The summed E-state index contributed by atoms with van der Waals surface area (Å²) in [7, 11) is 0. The molecule has 1 fully saturated rings. The van der Waals surface area contributed by atoms with Gasteiger partial charge in [-0.05, 0) is 12.5 Å². The fraction of sp³-hybridized carbons (Fsp3) is 1.00. The molecule has 0 saturated carbocycles. The first-order valence-corrected chi connectivity index (χ1v) is 3.82. The Kier molecular flexibility index (Phi) is 2.35. The van der Waals surface area contributed by atoms with Crippen LogP contribution in [0.15, 0.2) is 0 Å². The maximum Gasteiger partial charge on any atom is 0.398 e. The molecule has 2 atom stereocenters. The third-order valence-electron chi connectivity index (χ3n) is 2.68. The maximum atomic E-state index is 12.5. The smallest absolute Gasteiger partial charge is 0.395 e. The number of hydrogen-bond donors (Lipinski definition) is 2. The third kappa shape index (κ3) is 1.21. The largest absolute Gasteiger partial charge is 0.398 e. The van der Waals surface area contributed by atoms with E-state index in [0.29, 0.717) is 6.54 Å². The minimum atomic E-state index is -4.31.